The van der Waals surface area contributed by atoms with E-state index in [1.54, 1.807) is 25.6 Å². The molecule has 0 bridgehead atoms. The molecule has 0 aliphatic carbocycles. The predicted molar refractivity (Wildman–Crippen MR) is 101 cm³/mol. The van der Waals surface area contributed by atoms with Gasteiger partial charge in [-0.15, -0.1) is 0 Å². The van der Waals surface area contributed by atoms with Crippen molar-refractivity contribution in [1.82, 2.24) is 20.5 Å². The molecule has 8 nitrogen and oxygen atoms in total. The van der Waals surface area contributed by atoms with Crippen molar-refractivity contribution in [2.75, 3.05) is 13.7 Å². The highest BCUT2D eigenvalue weighted by Crippen LogP contribution is 2.14. The van der Waals surface area contributed by atoms with Gasteiger partial charge >= 0.3 is 6.03 Å². The monoisotopic (exact) mass is 382 g/mol. The van der Waals surface area contributed by atoms with Crippen LogP contribution in [0.15, 0.2) is 48.8 Å². The third-order valence-corrected chi connectivity index (χ3v) is 4.49. The highest BCUT2D eigenvalue weighted by Gasteiger charge is 2.38. The SMILES string of the molecule is COc1ccc(CCN2C(=O)N[C@H](CC(=O)NCc3cccnc3)C2=O)cc1. The van der Waals surface area contributed by atoms with Crippen molar-refractivity contribution >= 4 is 17.8 Å². The predicted octanol–water partition coefficient (Wildman–Crippen LogP) is 1.26. The number of imide groups is 1. The molecule has 1 saturated heterocycles. The van der Waals surface area contributed by atoms with E-state index in [0.717, 1.165) is 21.8 Å². The Bertz CT molecular complexity index is 839. The Kier molecular flexibility index (Phi) is 6.21. The van der Waals surface area contributed by atoms with E-state index in [1.807, 2.05) is 30.3 Å². The number of carbonyl (C=O) groups excluding carboxylic acids is 3. The second-order valence-electron chi connectivity index (χ2n) is 6.43. The van der Waals surface area contributed by atoms with Crippen LogP contribution in [-0.2, 0) is 22.6 Å². The lowest BCUT2D eigenvalue weighted by Crippen LogP contribution is -2.36. The zero-order valence-corrected chi connectivity index (χ0v) is 15.6. The molecule has 1 fully saturated rings. The van der Waals surface area contributed by atoms with E-state index in [0.29, 0.717) is 13.0 Å². The van der Waals surface area contributed by atoms with Gasteiger partial charge in [0.05, 0.1) is 13.5 Å². The summed E-state index contributed by atoms with van der Waals surface area (Å²) in [5.74, 6) is 0.0608. The van der Waals surface area contributed by atoms with Crippen molar-refractivity contribution < 1.29 is 19.1 Å². The first-order valence-electron chi connectivity index (χ1n) is 8.97. The van der Waals surface area contributed by atoms with Crippen LogP contribution < -0.4 is 15.4 Å². The van der Waals surface area contributed by atoms with Gasteiger partial charge in [0.1, 0.15) is 11.8 Å². The smallest absolute Gasteiger partial charge is 0.324 e. The number of rotatable bonds is 8. The second kappa shape index (κ2) is 8.98. The van der Waals surface area contributed by atoms with Crippen molar-refractivity contribution in [3.8, 4) is 5.75 Å². The summed E-state index contributed by atoms with van der Waals surface area (Å²) >= 11 is 0. The van der Waals surface area contributed by atoms with Gasteiger partial charge in [0, 0.05) is 25.5 Å². The van der Waals surface area contributed by atoms with Crippen molar-refractivity contribution in [2.24, 2.45) is 0 Å². The van der Waals surface area contributed by atoms with Gasteiger partial charge in [-0.25, -0.2) is 4.79 Å². The molecule has 8 heteroatoms. The number of hydrogen-bond acceptors (Lipinski definition) is 5. The van der Waals surface area contributed by atoms with E-state index in [4.69, 9.17) is 4.74 Å². The number of nitrogens with zero attached hydrogens (tertiary/aromatic N) is 2. The standard InChI is InChI=1S/C20H22N4O4/c1-28-16-6-4-14(5-7-16)8-10-24-19(26)17(23-20(24)27)11-18(25)22-13-15-3-2-9-21-12-15/h2-7,9,12,17H,8,10-11,13H2,1H3,(H,22,25)(H,23,27)/t17-/m1/s1. The van der Waals surface area contributed by atoms with E-state index in [-0.39, 0.29) is 24.8 Å². The first-order chi connectivity index (χ1) is 13.6. The molecule has 1 atom stereocenters. The van der Waals surface area contributed by atoms with Crippen LogP contribution in [0.25, 0.3) is 0 Å². The molecule has 0 unspecified atom stereocenters. The Morgan fingerprint density at radius 1 is 1.21 bits per heavy atom. The van der Waals surface area contributed by atoms with Crippen LogP contribution in [-0.4, -0.2) is 47.4 Å². The van der Waals surface area contributed by atoms with Crippen LogP contribution in [0.3, 0.4) is 0 Å². The van der Waals surface area contributed by atoms with Gasteiger partial charge in [0.25, 0.3) is 5.91 Å². The lowest BCUT2D eigenvalue weighted by atomic mass is 10.1. The molecule has 0 spiro atoms. The Morgan fingerprint density at radius 2 is 2.00 bits per heavy atom. The minimum absolute atomic E-state index is 0.0934. The molecule has 2 aromatic rings. The van der Waals surface area contributed by atoms with Crippen LogP contribution in [0.5, 0.6) is 5.75 Å². The molecule has 1 aromatic carbocycles. The fraction of sp³-hybridized carbons (Fsp3) is 0.300. The number of hydrogen-bond donors (Lipinski definition) is 2. The molecule has 3 rings (SSSR count). The molecule has 28 heavy (non-hydrogen) atoms. The van der Waals surface area contributed by atoms with Gasteiger partial charge in [-0.3, -0.25) is 19.5 Å². The number of carbonyl (C=O) groups is 3. The van der Waals surface area contributed by atoms with Crippen molar-refractivity contribution in [1.29, 1.82) is 0 Å². The fourth-order valence-corrected chi connectivity index (χ4v) is 2.92. The largest absolute Gasteiger partial charge is 0.497 e. The first-order valence-corrected chi connectivity index (χ1v) is 8.97. The van der Waals surface area contributed by atoms with Crippen LogP contribution in [0.2, 0.25) is 0 Å². The van der Waals surface area contributed by atoms with Crippen LogP contribution >= 0.6 is 0 Å². The second-order valence-corrected chi connectivity index (χ2v) is 6.43. The number of aromatic nitrogens is 1. The normalized spacial score (nSPS) is 16.0. The molecule has 1 aromatic heterocycles. The van der Waals surface area contributed by atoms with E-state index in [1.165, 1.54) is 0 Å². The first kappa shape index (κ1) is 19.3. The van der Waals surface area contributed by atoms with Crippen LogP contribution in [0, 0.1) is 0 Å². The Morgan fingerprint density at radius 3 is 2.68 bits per heavy atom. The van der Waals surface area contributed by atoms with Gasteiger partial charge in [0.2, 0.25) is 5.91 Å². The molecular formula is C20H22N4O4. The summed E-state index contributed by atoms with van der Waals surface area (Å²) in [6.45, 7) is 0.577. The number of amides is 4. The summed E-state index contributed by atoms with van der Waals surface area (Å²) in [5.41, 5.74) is 1.85. The molecule has 146 valence electrons. The summed E-state index contributed by atoms with van der Waals surface area (Å²) in [6.07, 6.45) is 3.75. The van der Waals surface area contributed by atoms with Crippen molar-refractivity contribution in [2.45, 2.75) is 25.4 Å². The fourth-order valence-electron chi connectivity index (χ4n) is 2.92. The van der Waals surface area contributed by atoms with Crippen LogP contribution in [0.1, 0.15) is 17.5 Å². The third-order valence-electron chi connectivity index (χ3n) is 4.49. The maximum atomic E-state index is 12.5. The lowest BCUT2D eigenvalue weighted by Gasteiger charge is -2.13. The maximum Gasteiger partial charge on any atom is 0.324 e. The molecule has 4 amide bonds. The summed E-state index contributed by atoms with van der Waals surface area (Å²) in [6, 6.07) is 9.76. The van der Waals surface area contributed by atoms with E-state index in [9.17, 15) is 14.4 Å². The van der Waals surface area contributed by atoms with Crippen molar-refractivity contribution in [3.63, 3.8) is 0 Å². The van der Waals surface area contributed by atoms with E-state index in [2.05, 4.69) is 15.6 Å². The minimum atomic E-state index is -0.836. The van der Waals surface area contributed by atoms with Crippen molar-refractivity contribution in [3.05, 3.63) is 59.9 Å². The topological polar surface area (TPSA) is 101 Å². The zero-order valence-electron chi connectivity index (χ0n) is 15.6. The Labute approximate surface area is 162 Å². The summed E-state index contributed by atoms with van der Waals surface area (Å²) in [4.78, 5) is 41.8. The van der Waals surface area contributed by atoms with Gasteiger partial charge in [-0.1, -0.05) is 18.2 Å². The Hall–Kier alpha value is -3.42. The highest BCUT2D eigenvalue weighted by atomic mass is 16.5. The quantitative estimate of drug-likeness (QED) is 0.670. The van der Waals surface area contributed by atoms with Crippen LogP contribution in [0.4, 0.5) is 4.79 Å². The van der Waals surface area contributed by atoms with Gasteiger partial charge in [-0.05, 0) is 35.7 Å². The number of pyridine rings is 1. The Balaban J connectivity index is 1.48. The molecule has 1 aliphatic heterocycles. The molecule has 0 saturated carbocycles. The molecule has 2 heterocycles. The van der Waals surface area contributed by atoms with E-state index >= 15 is 0 Å². The van der Waals surface area contributed by atoms with Gasteiger partial charge < -0.3 is 15.4 Å². The third kappa shape index (κ3) is 4.85. The number of urea groups is 1. The number of benzene rings is 1. The van der Waals surface area contributed by atoms with Gasteiger partial charge in [-0.2, -0.15) is 0 Å². The average Bonchev–Trinajstić information content (AvgIpc) is 2.98. The molecular weight excluding hydrogens is 360 g/mol. The number of nitrogens with one attached hydrogen (secondary N) is 2. The van der Waals surface area contributed by atoms with E-state index < -0.39 is 12.1 Å². The summed E-state index contributed by atoms with van der Waals surface area (Å²) in [5, 5.41) is 5.31. The summed E-state index contributed by atoms with van der Waals surface area (Å²) < 4.78 is 5.11. The summed E-state index contributed by atoms with van der Waals surface area (Å²) in [7, 11) is 1.59. The van der Waals surface area contributed by atoms with Gasteiger partial charge in [0.15, 0.2) is 0 Å². The lowest BCUT2D eigenvalue weighted by molar-refractivity contribution is -0.130. The number of methoxy groups -OCH3 is 1. The zero-order chi connectivity index (χ0) is 19.9. The number of ether oxygens (including phenoxy) is 1. The average molecular weight is 382 g/mol. The molecule has 2 N–H and O–H groups in total. The minimum Gasteiger partial charge on any atom is -0.497 e. The highest BCUT2D eigenvalue weighted by molar-refractivity contribution is 6.05. The maximum absolute atomic E-state index is 12.5. The molecule has 0 radical (unpaired) electrons. The molecule has 1 aliphatic rings.